The van der Waals surface area contributed by atoms with Gasteiger partial charge >= 0.3 is 0 Å². The van der Waals surface area contributed by atoms with E-state index in [1.807, 2.05) is 31.4 Å². The zero-order valence-electron chi connectivity index (χ0n) is 10.6. The summed E-state index contributed by atoms with van der Waals surface area (Å²) in [4.78, 5) is 11.5. The quantitative estimate of drug-likeness (QED) is 0.668. The molecule has 0 radical (unpaired) electrons. The molecule has 2 heterocycles. The van der Waals surface area contributed by atoms with Gasteiger partial charge in [-0.05, 0) is 11.6 Å². The van der Waals surface area contributed by atoms with Crippen molar-refractivity contribution in [2.75, 3.05) is 17.7 Å². The maximum Gasteiger partial charge on any atom is 0.131 e. The molecule has 0 aliphatic rings. The number of nitrogens with zero attached hydrogens (tertiary/aromatic N) is 2. The van der Waals surface area contributed by atoms with Crippen LogP contribution in [0.2, 0.25) is 0 Å². The van der Waals surface area contributed by atoms with Crippen molar-refractivity contribution < 1.29 is 0 Å². The van der Waals surface area contributed by atoms with Crippen molar-refractivity contribution in [3.8, 4) is 0 Å². The highest BCUT2D eigenvalue weighted by molar-refractivity contribution is 5.83. The average Bonchev–Trinajstić information content (AvgIpc) is 2.89. The van der Waals surface area contributed by atoms with Gasteiger partial charge in [-0.3, -0.25) is 0 Å². The van der Waals surface area contributed by atoms with E-state index in [1.54, 1.807) is 6.33 Å². The van der Waals surface area contributed by atoms with Gasteiger partial charge in [0.2, 0.25) is 0 Å². The van der Waals surface area contributed by atoms with Crippen LogP contribution in [-0.4, -0.2) is 22.0 Å². The Kier molecular flexibility index (Phi) is 3.02. The Hall–Kier alpha value is -2.56. The molecule has 3 rings (SSSR count). The Morgan fingerprint density at radius 1 is 1.16 bits per heavy atom. The molecule has 0 bridgehead atoms. The van der Waals surface area contributed by atoms with Crippen LogP contribution >= 0.6 is 0 Å². The fraction of sp³-hybridized carbons (Fsp3) is 0.143. The molecule has 0 unspecified atom stereocenters. The predicted octanol–water partition coefficient (Wildman–Crippen LogP) is 2.61. The fourth-order valence-electron chi connectivity index (χ4n) is 2.05. The molecule has 0 aliphatic carbocycles. The Morgan fingerprint density at radius 2 is 2.00 bits per heavy atom. The standard InChI is InChI=1S/C14H15N5/c1-15-13-6-14(19-9-18-13)17-8-10-7-16-12-5-3-2-4-11(10)12/h2-7,9,16H,8H2,1H3,(H2,15,17,18,19). The number of hydrogen-bond acceptors (Lipinski definition) is 4. The van der Waals surface area contributed by atoms with Gasteiger partial charge in [-0.2, -0.15) is 0 Å². The van der Waals surface area contributed by atoms with Gasteiger partial charge in [0, 0.05) is 36.8 Å². The van der Waals surface area contributed by atoms with E-state index < -0.39 is 0 Å². The fourth-order valence-corrected chi connectivity index (χ4v) is 2.05. The smallest absolute Gasteiger partial charge is 0.131 e. The molecule has 3 N–H and O–H groups in total. The van der Waals surface area contributed by atoms with Crippen LogP contribution in [-0.2, 0) is 6.54 Å². The highest BCUT2D eigenvalue weighted by Crippen LogP contribution is 2.18. The largest absolute Gasteiger partial charge is 0.373 e. The number of rotatable bonds is 4. The molecule has 0 amide bonds. The van der Waals surface area contributed by atoms with Crippen molar-refractivity contribution in [2.24, 2.45) is 0 Å². The van der Waals surface area contributed by atoms with Crippen LogP contribution in [0, 0.1) is 0 Å². The summed E-state index contributed by atoms with van der Waals surface area (Å²) >= 11 is 0. The van der Waals surface area contributed by atoms with E-state index >= 15 is 0 Å². The molecule has 1 aromatic carbocycles. The zero-order valence-corrected chi connectivity index (χ0v) is 10.6. The number of benzene rings is 1. The van der Waals surface area contributed by atoms with Crippen molar-refractivity contribution in [3.05, 3.63) is 48.4 Å². The molecule has 2 aromatic heterocycles. The summed E-state index contributed by atoms with van der Waals surface area (Å²) in [6, 6.07) is 10.1. The van der Waals surface area contributed by atoms with Gasteiger partial charge in [0.15, 0.2) is 0 Å². The second kappa shape index (κ2) is 4.97. The van der Waals surface area contributed by atoms with Crippen molar-refractivity contribution in [3.63, 3.8) is 0 Å². The number of nitrogens with one attached hydrogen (secondary N) is 3. The van der Waals surface area contributed by atoms with Crippen LogP contribution < -0.4 is 10.6 Å². The number of para-hydroxylation sites is 1. The highest BCUT2D eigenvalue weighted by atomic mass is 15.1. The van der Waals surface area contributed by atoms with Gasteiger partial charge in [-0.25, -0.2) is 9.97 Å². The normalized spacial score (nSPS) is 10.6. The van der Waals surface area contributed by atoms with Crippen LogP contribution in [0.15, 0.2) is 42.9 Å². The van der Waals surface area contributed by atoms with Crippen LogP contribution in [0.4, 0.5) is 11.6 Å². The van der Waals surface area contributed by atoms with E-state index in [2.05, 4.69) is 37.7 Å². The molecule has 0 aliphatic heterocycles. The average molecular weight is 253 g/mol. The molecule has 0 atom stereocenters. The number of anilines is 2. The van der Waals surface area contributed by atoms with Crippen LogP contribution in [0.25, 0.3) is 10.9 Å². The molecule has 0 fully saturated rings. The van der Waals surface area contributed by atoms with Crippen LogP contribution in [0.5, 0.6) is 0 Å². The van der Waals surface area contributed by atoms with Gasteiger partial charge in [0.25, 0.3) is 0 Å². The Balaban J connectivity index is 1.78. The van der Waals surface area contributed by atoms with Gasteiger partial charge in [0.1, 0.15) is 18.0 Å². The van der Waals surface area contributed by atoms with E-state index in [-0.39, 0.29) is 0 Å². The lowest BCUT2D eigenvalue weighted by Crippen LogP contribution is -2.02. The van der Waals surface area contributed by atoms with Crippen molar-refractivity contribution in [2.45, 2.75) is 6.54 Å². The van der Waals surface area contributed by atoms with E-state index in [9.17, 15) is 0 Å². The first-order chi connectivity index (χ1) is 9.36. The summed E-state index contributed by atoms with van der Waals surface area (Å²) < 4.78 is 0. The molecular formula is C14H15N5. The molecule has 19 heavy (non-hydrogen) atoms. The number of fused-ring (bicyclic) bond motifs is 1. The first kappa shape index (κ1) is 11.5. The first-order valence-electron chi connectivity index (χ1n) is 6.15. The first-order valence-corrected chi connectivity index (χ1v) is 6.15. The third-order valence-corrected chi connectivity index (χ3v) is 3.06. The molecule has 0 saturated heterocycles. The number of aromatic amines is 1. The summed E-state index contributed by atoms with van der Waals surface area (Å²) in [5.41, 5.74) is 2.37. The third kappa shape index (κ3) is 2.35. The maximum absolute atomic E-state index is 4.19. The van der Waals surface area contributed by atoms with Crippen molar-refractivity contribution in [1.82, 2.24) is 15.0 Å². The topological polar surface area (TPSA) is 65.6 Å². The summed E-state index contributed by atoms with van der Waals surface area (Å²) in [7, 11) is 1.84. The van der Waals surface area contributed by atoms with E-state index in [0.717, 1.165) is 23.7 Å². The van der Waals surface area contributed by atoms with Crippen molar-refractivity contribution in [1.29, 1.82) is 0 Å². The van der Waals surface area contributed by atoms with E-state index in [1.165, 1.54) is 10.9 Å². The number of aromatic nitrogens is 3. The summed E-state index contributed by atoms with van der Waals surface area (Å²) in [5, 5.41) is 7.53. The lowest BCUT2D eigenvalue weighted by atomic mass is 10.2. The molecule has 5 nitrogen and oxygen atoms in total. The van der Waals surface area contributed by atoms with Crippen LogP contribution in [0.1, 0.15) is 5.56 Å². The molecule has 0 saturated carbocycles. The minimum atomic E-state index is 0.726. The van der Waals surface area contributed by atoms with Gasteiger partial charge < -0.3 is 15.6 Å². The maximum atomic E-state index is 4.19. The van der Waals surface area contributed by atoms with E-state index in [0.29, 0.717) is 0 Å². The summed E-state index contributed by atoms with van der Waals surface area (Å²) in [5.74, 6) is 1.61. The van der Waals surface area contributed by atoms with Gasteiger partial charge in [0.05, 0.1) is 0 Å². The second-order valence-corrected chi connectivity index (χ2v) is 4.25. The lowest BCUT2D eigenvalue weighted by molar-refractivity contribution is 1.09. The summed E-state index contributed by atoms with van der Waals surface area (Å²) in [6.07, 6.45) is 3.57. The molecule has 5 heteroatoms. The van der Waals surface area contributed by atoms with E-state index in [4.69, 9.17) is 0 Å². The van der Waals surface area contributed by atoms with Crippen LogP contribution in [0.3, 0.4) is 0 Å². The Bertz CT molecular complexity index is 689. The monoisotopic (exact) mass is 253 g/mol. The third-order valence-electron chi connectivity index (χ3n) is 3.06. The zero-order chi connectivity index (χ0) is 13.1. The summed E-state index contributed by atoms with van der Waals surface area (Å²) in [6.45, 7) is 0.726. The second-order valence-electron chi connectivity index (χ2n) is 4.25. The van der Waals surface area contributed by atoms with Gasteiger partial charge in [-0.1, -0.05) is 18.2 Å². The minimum absolute atomic E-state index is 0.726. The molecule has 0 spiro atoms. The molecule has 3 aromatic rings. The molecular weight excluding hydrogens is 238 g/mol. The molecule has 96 valence electrons. The Morgan fingerprint density at radius 3 is 2.89 bits per heavy atom. The van der Waals surface area contributed by atoms with Gasteiger partial charge in [-0.15, -0.1) is 0 Å². The Labute approximate surface area is 111 Å². The van der Waals surface area contributed by atoms with Crippen molar-refractivity contribution >= 4 is 22.5 Å². The lowest BCUT2D eigenvalue weighted by Gasteiger charge is -2.06. The SMILES string of the molecule is CNc1cc(NCc2c[nH]c3ccccc23)ncn1. The number of hydrogen-bond donors (Lipinski definition) is 3. The predicted molar refractivity (Wildman–Crippen MR) is 77.2 cm³/mol. The highest BCUT2D eigenvalue weighted by Gasteiger charge is 2.03. The number of H-pyrrole nitrogens is 1. The minimum Gasteiger partial charge on any atom is -0.373 e.